The molecule has 0 atom stereocenters. The molecule has 5 aromatic rings. The van der Waals surface area contributed by atoms with E-state index < -0.39 is 10.0 Å². The third-order valence-corrected chi connectivity index (χ3v) is 6.85. The molecule has 6 heteroatoms. The van der Waals surface area contributed by atoms with Crippen molar-refractivity contribution in [3.05, 3.63) is 121 Å². The number of hydrogen-bond acceptors (Lipinski definition) is 4. The minimum absolute atomic E-state index is 0.261. The van der Waals surface area contributed by atoms with E-state index in [9.17, 15) is 8.42 Å². The topological polar surface area (TPSA) is 70.2 Å². The Hall–Kier alpha value is -4.29. The summed E-state index contributed by atoms with van der Waals surface area (Å²) in [4.78, 5) is 0.261. The normalized spacial score (nSPS) is 11.2. The van der Waals surface area contributed by atoms with E-state index in [0.29, 0.717) is 11.1 Å². The van der Waals surface area contributed by atoms with Crippen LogP contribution in [-0.2, 0) is 10.0 Å². The lowest BCUT2D eigenvalue weighted by atomic mass is 10.1. The predicted molar refractivity (Wildman–Crippen MR) is 141 cm³/mol. The van der Waals surface area contributed by atoms with Crippen LogP contribution in [0.25, 0.3) is 10.8 Å². The van der Waals surface area contributed by atoms with Gasteiger partial charge in [0.25, 0.3) is 10.0 Å². The van der Waals surface area contributed by atoms with Gasteiger partial charge in [-0.3, -0.25) is 4.72 Å². The molecule has 0 aliphatic heterocycles. The molecule has 0 spiro atoms. The predicted octanol–water partition coefficient (Wildman–Crippen LogP) is 7.13. The van der Waals surface area contributed by atoms with Crippen LogP contribution < -0.4 is 15.4 Å². The van der Waals surface area contributed by atoms with Crippen molar-refractivity contribution in [1.82, 2.24) is 0 Å². The molecule has 5 nitrogen and oxygen atoms in total. The molecule has 0 unspecified atom stereocenters. The number of sulfonamides is 1. The van der Waals surface area contributed by atoms with Gasteiger partial charge in [-0.1, -0.05) is 54.6 Å². The van der Waals surface area contributed by atoms with Gasteiger partial charge < -0.3 is 10.6 Å². The lowest BCUT2D eigenvalue weighted by Gasteiger charge is -2.12. The third-order valence-electron chi connectivity index (χ3n) is 5.41. The first-order valence-electron chi connectivity index (χ1n) is 10.9. The number of para-hydroxylation sites is 1. The number of anilines is 5. The van der Waals surface area contributed by atoms with Crippen molar-refractivity contribution in [3.8, 4) is 0 Å². The molecule has 0 fully saturated rings. The SMILES string of the molecule is O=S(=O)(Nc1ccc(Nc2ccc(Nc3ccccc3)cc2)cc1)c1cccc2ccccc12. The second kappa shape index (κ2) is 9.29. The third kappa shape index (κ3) is 4.87. The summed E-state index contributed by atoms with van der Waals surface area (Å²) in [6.45, 7) is 0. The Morgan fingerprint density at radius 3 is 1.53 bits per heavy atom. The fraction of sp³-hybridized carbons (Fsp3) is 0. The molecule has 0 aliphatic carbocycles. The maximum atomic E-state index is 13.0. The van der Waals surface area contributed by atoms with Crippen LogP contribution in [0.3, 0.4) is 0 Å². The molecular weight excluding hydrogens is 442 g/mol. The van der Waals surface area contributed by atoms with E-state index in [0.717, 1.165) is 28.1 Å². The Morgan fingerprint density at radius 2 is 0.912 bits per heavy atom. The summed E-state index contributed by atoms with van der Waals surface area (Å²) >= 11 is 0. The molecule has 0 aliphatic rings. The lowest BCUT2D eigenvalue weighted by molar-refractivity contribution is 0.602. The van der Waals surface area contributed by atoms with Gasteiger partial charge in [0.2, 0.25) is 0 Å². The smallest absolute Gasteiger partial charge is 0.262 e. The van der Waals surface area contributed by atoms with Crippen LogP contribution in [0, 0.1) is 0 Å². The Kier molecular flexibility index (Phi) is 5.89. The summed E-state index contributed by atoms with van der Waals surface area (Å²) in [5.74, 6) is 0. The van der Waals surface area contributed by atoms with Gasteiger partial charge in [0.05, 0.1) is 4.90 Å². The van der Waals surface area contributed by atoms with E-state index >= 15 is 0 Å². The first-order chi connectivity index (χ1) is 16.6. The summed E-state index contributed by atoms with van der Waals surface area (Å²) in [6, 6.07) is 37.9. The van der Waals surface area contributed by atoms with Gasteiger partial charge in [-0.05, 0) is 72.1 Å². The average molecular weight is 466 g/mol. The Balaban J connectivity index is 1.26. The molecule has 3 N–H and O–H groups in total. The van der Waals surface area contributed by atoms with Crippen LogP contribution >= 0.6 is 0 Å². The molecule has 34 heavy (non-hydrogen) atoms. The first-order valence-corrected chi connectivity index (χ1v) is 12.3. The summed E-state index contributed by atoms with van der Waals surface area (Å²) in [5, 5.41) is 8.27. The van der Waals surface area contributed by atoms with Crippen LogP contribution in [0.2, 0.25) is 0 Å². The number of nitrogens with one attached hydrogen (secondary N) is 3. The van der Waals surface area contributed by atoms with Gasteiger partial charge in [0.1, 0.15) is 0 Å². The second-order valence-corrected chi connectivity index (χ2v) is 9.50. The van der Waals surface area contributed by atoms with Crippen LogP contribution in [-0.4, -0.2) is 8.42 Å². The van der Waals surface area contributed by atoms with E-state index in [1.165, 1.54) is 0 Å². The summed E-state index contributed by atoms with van der Waals surface area (Å²) < 4.78 is 28.7. The fourth-order valence-electron chi connectivity index (χ4n) is 3.75. The summed E-state index contributed by atoms with van der Waals surface area (Å²) in [5.41, 5.74) is 4.32. The number of benzene rings is 5. The fourth-order valence-corrected chi connectivity index (χ4v) is 5.04. The molecule has 0 saturated carbocycles. The van der Waals surface area contributed by atoms with Crippen LogP contribution in [0.15, 0.2) is 126 Å². The number of fused-ring (bicyclic) bond motifs is 1. The minimum Gasteiger partial charge on any atom is -0.356 e. The van der Waals surface area contributed by atoms with E-state index in [1.54, 1.807) is 24.3 Å². The minimum atomic E-state index is -3.72. The Labute approximate surface area is 199 Å². The molecule has 0 saturated heterocycles. The maximum Gasteiger partial charge on any atom is 0.262 e. The van der Waals surface area contributed by atoms with Gasteiger partial charge in [-0.25, -0.2) is 8.42 Å². The van der Waals surface area contributed by atoms with Crippen molar-refractivity contribution >= 4 is 49.2 Å². The van der Waals surface area contributed by atoms with E-state index in [4.69, 9.17) is 0 Å². The molecule has 0 amide bonds. The van der Waals surface area contributed by atoms with Gasteiger partial charge in [-0.2, -0.15) is 0 Å². The standard InChI is InChI=1S/C28H23N3O2S/c32-34(33,28-12-6-8-21-7-4-5-11-27(21)28)31-26-19-17-25(18-20-26)30-24-15-13-23(14-16-24)29-22-9-2-1-3-10-22/h1-20,29-31H. The highest BCUT2D eigenvalue weighted by Crippen LogP contribution is 2.26. The number of hydrogen-bond donors (Lipinski definition) is 3. The molecule has 5 rings (SSSR count). The van der Waals surface area contributed by atoms with Crippen molar-refractivity contribution in [2.75, 3.05) is 15.4 Å². The Bertz CT molecular complexity index is 1510. The Morgan fingerprint density at radius 1 is 0.441 bits per heavy atom. The molecule has 0 bridgehead atoms. The van der Waals surface area contributed by atoms with Crippen molar-refractivity contribution in [1.29, 1.82) is 0 Å². The molecule has 0 heterocycles. The zero-order valence-corrected chi connectivity index (χ0v) is 19.1. The van der Waals surface area contributed by atoms with Crippen LogP contribution in [0.5, 0.6) is 0 Å². The quantitative estimate of drug-likeness (QED) is 0.239. The number of rotatable bonds is 7. The molecule has 0 aromatic heterocycles. The van der Waals surface area contributed by atoms with E-state index in [-0.39, 0.29) is 4.90 Å². The van der Waals surface area contributed by atoms with Crippen LogP contribution in [0.1, 0.15) is 0 Å². The molecule has 5 aromatic carbocycles. The highest BCUT2D eigenvalue weighted by atomic mass is 32.2. The highest BCUT2D eigenvalue weighted by molar-refractivity contribution is 7.93. The van der Waals surface area contributed by atoms with Crippen molar-refractivity contribution in [2.45, 2.75) is 4.90 Å². The van der Waals surface area contributed by atoms with Crippen molar-refractivity contribution in [3.63, 3.8) is 0 Å². The molecular formula is C28H23N3O2S. The van der Waals surface area contributed by atoms with Crippen molar-refractivity contribution < 1.29 is 8.42 Å². The monoisotopic (exact) mass is 465 g/mol. The van der Waals surface area contributed by atoms with Gasteiger partial charge in [-0.15, -0.1) is 0 Å². The molecule has 168 valence electrons. The second-order valence-electron chi connectivity index (χ2n) is 7.85. The van der Waals surface area contributed by atoms with E-state index in [2.05, 4.69) is 15.4 Å². The summed E-state index contributed by atoms with van der Waals surface area (Å²) in [7, 11) is -3.72. The molecule has 0 radical (unpaired) electrons. The largest absolute Gasteiger partial charge is 0.356 e. The van der Waals surface area contributed by atoms with Gasteiger partial charge in [0, 0.05) is 33.8 Å². The van der Waals surface area contributed by atoms with Gasteiger partial charge in [0.15, 0.2) is 0 Å². The highest BCUT2D eigenvalue weighted by Gasteiger charge is 2.17. The van der Waals surface area contributed by atoms with Crippen molar-refractivity contribution in [2.24, 2.45) is 0 Å². The maximum absolute atomic E-state index is 13.0. The van der Waals surface area contributed by atoms with E-state index in [1.807, 2.05) is 97.1 Å². The first kappa shape index (κ1) is 21.6. The zero-order chi connectivity index (χ0) is 23.4. The van der Waals surface area contributed by atoms with Gasteiger partial charge >= 0.3 is 0 Å². The lowest BCUT2D eigenvalue weighted by Crippen LogP contribution is -2.13. The summed E-state index contributed by atoms with van der Waals surface area (Å²) in [6.07, 6.45) is 0. The zero-order valence-electron chi connectivity index (χ0n) is 18.3. The van der Waals surface area contributed by atoms with Crippen LogP contribution in [0.4, 0.5) is 28.4 Å². The average Bonchev–Trinajstić information content (AvgIpc) is 2.86.